The zero-order chi connectivity index (χ0) is 24.0. The fourth-order valence-corrected chi connectivity index (χ4v) is 5.74. The summed E-state index contributed by atoms with van der Waals surface area (Å²) < 4.78 is 29.2. The summed E-state index contributed by atoms with van der Waals surface area (Å²) in [7, 11) is -3.17. The Labute approximate surface area is 196 Å². The summed E-state index contributed by atoms with van der Waals surface area (Å²) in [4.78, 5) is 9.26. The molecule has 1 aromatic carbocycles. The van der Waals surface area contributed by atoms with Crippen LogP contribution in [0.4, 0.5) is 0 Å². The second-order valence-electron chi connectivity index (χ2n) is 8.39. The standard InChI is InChI=1S/C23H23N7O3S/c1-15-10-18(12-24)27-30(15)23-19(16(2)31)5-7-22(26-23)29-14-25-20-11-17(4-6-21(20)29)13-28-8-3-9-34(28,32)33/h4-7,10-11,14,16,31H,3,8-9,13H2,1-2H3. The number of aryl methyl sites for hydroxylation is 1. The van der Waals surface area contributed by atoms with Gasteiger partial charge in [-0.1, -0.05) is 6.07 Å². The summed E-state index contributed by atoms with van der Waals surface area (Å²) in [6.07, 6.45) is 1.53. The van der Waals surface area contributed by atoms with Crippen molar-refractivity contribution in [1.29, 1.82) is 5.26 Å². The highest BCUT2D eigenvalue weighted by Gasteiger charge is 2.28. The van der Waals surface area contributed by atoms with Crippen LogP contribution in [0.25, 0.3) is 22.7 Å². The van der Waals surface area contributed by atoms with Gasteiger partial charge in [0.1, 0.15) is 18.2 Å². The number of imidazole rings is 1. The number of pyridine rings is 1. The van der Waals surface area contributed by atoms with E-state index in [-0.39, 0.29) is 11.4 Å². The van der Waals surface area contributed by atoms with Crippen molar-refractivity contribution in [2.24, 2.45) is 0 Å². The topological polar surface area (TPSA) is 130 Å². The molecule has 0 radical (unpaired) electrons. The van der Waals surface area contributed by atoms with Gasteiger partial charge in [-0.05, 0) is 56.2 Å². The molecule has 0 amide bonds. The summed E-state index contributed by atoms with van der Waals surface area (Å²) in [5.74, 6) is 1.21. The van der Waals surface area contributed by atoms with E-state index in [2.05, 4.69) is 10.1 Å². The molecule has 10 nitrogen and oxygen atoms in total. The molecule has 1 unspecified atom stereocenters. The lowest BCUT2D eigenvalue weighted by Crippen LogP contribution is -2.25. The Bertz CT molecular complexity index is 1550. The van der Waals surface area contributed by atoms with Crippen LogP contribution in [0.5, 0.6) is 0 Å². The van der Waals surface area contributed by atoms with Crippen molar-refractivity contribution < 1.29 is 13.5 Å². The number of fused-ring (bicyclic) bond motifs is 1. The van der Waals surface area contributed by atoms with Gasteiger partial charge < -0.3 is 5.11 Å². The highest BCUT2D eigenvalue weighted by molar-refractivity contribution is 7.89. The predicted octanol–water partition coefficient (Wildman–Crippen LogP) is 2.38. The second-order valence-corrected chi connectivity index (χ2v) is 10.5. The molecule has 0 saturated carbocycles. The quantitative estimate of drug-likeness (QED) is 0.467. The molecule has 1 aliphatic heterocycles. The van der Waals surface area contributed by atoms with Crippen molar-refractivity contribution in [3.8, 4) is 17.7 Å². The van der Waals surface area contributed by atoms with Crippen molar-refractivity contribution in [1.82, 2.24) is 28.6 Å². The third-order valence-corrected chi connectivity index (χ3v) is 7.87. The molecule has 3 aromatic heterocycles. The maximum Gasteiger partial charge on any atom is 0.214 e. The minimum absolute atomic E-state index is 0.200. The van der Waals surface area contributed by atoms with Crippen LogP contribution in [0.2, 0.25) is 0 Å². The van der Waals surface area contributed by atoms with E-state index in [9.17, 15) is 18.8 Å². The Hall–Kier alpha value is -3.59. The van der Waals surface area contributed by atoms with Gasteiger partial charge in [-0.3, -0.25) is 4.57 Å². The summed E-state index contributed by atoms with van der Waals surface area (Å²) in [6, 6.07) is 13.0. The van der Waals surface area contributed by atoms with Gasteiger partial charge in [0.05, 0.1) is 22.9 Å². The average molecular weight is 478 g/mol. The molecule has 174 valence electrons. The first-order valence-electron chi connectivity index (χ1n) is 10.9. The third kappa shape index (κ3) is 3.86. The van der Waals surface area contributed by atoms with Gasteiger partial charge in [0, 0.05) is 24.3 Å². The predicted molar refractivity (Wildman–Crippen MR) is 125 cm³/mol. The molecule has 0 aliphatic carbocycles. The molecule has 1 atom stereocenters. The van der Waals surface area contributed by atoms with Crippen molar-refractivity contribution in [2.75, 3.05) is 12.3 Å². The van der Waals surface area contributed by atoms with Crippen LogP contribution in [-0.2, 0) is 16.6 Å². The van der Waals surface area contributed by atoms with Gasteiger partial charge in [0.2, 0.25) is 10.0 Å². The molecule has 11 heteroatoms. The molecule has 34 heavy (non-hydrogen) atoms. The number of hydrogen-bond donors (Lipinski definition) is 1. The lowest BCUT2D eigenvalue weighted by molar-refractivity contribution is 0.198. The van der Waals surface area contributed by atoms with Crippen LogP contribution in [0, 0.1) is 18.3 Å². The second kappa shape index (κ2) is 8.32. The van der Waals surface area contributed by atoms with Crippen molar-refractivity contribution in [2.45, 2.75) is 32.9 Å². The Balaban J connectivity index is 1.55. The average Bonchev–Trinajstić information content (AvgIpc) is 3.49. The van der Waals surface area contributed by atoms with E-state index < -0.39 is 16.1 Å². The number of aromatic nitrogens is 5. The SMILES string of the molecule is Cc1cc(C#N)nn1-c1nc(-n2cnc3cc(CN4CCCS4(=O)=O)ccc32)ccc1C(C)O. The fourth-order valence-electron chi connectivity index (χ4n) is 4.23. The summed E-state index contributed by atoms with van der Waals surface area (Å²) in [5.41, 5.74) is 3.97. The number of aliphatic hydroxyl groups is 1. The molecule has 4 heterocycles. The van der Waals surface area contributed by atoms with Crippen LogP contribution < -0.4 is 0 Å². The van der Waals surface area contributed by atoms with Crippen LogP contribution in [0.3, 0.4) is 0 Å². The van der Waals surface area contributed by atoms with Crippen molar-refractivity contribution in [3.63, 3.8) is 0 Å². The Morgan fingerprint density at radius 1 is 1.24 bits per heavy atom. The van der Waals surface area contributed by atoms with E-state index in [1.165, 1.54) is 4.31 Å². The van der Waals surface area contributed by atoms with Crippen LogP contribution in [0.1, 0.15) is 42.0 Å². The van der Waals surface area contributed by atoms with Crippen molar-refractivity contribution >= 4 is 21.1 Å². The molecule has 5 rings (SSSR count). The monoisotopic (exact) mass is 477 g/mol. The van der Waals surface area contributed by atoms with E-state index in [0.717, 1.165) is 22.3 Å². The van der Waals surface area contributed by atoms with Crippen LogP contribution in [-0.4, -0.2) is 54.4 Å². The highest BCUT2D eigenvalue weighted by atomic mass is 32.2. The summed E-state index contributed by atoms with van der Waals surface area (Å²) in [5, 5.41) is 23.8. The maximum atomic E-state index is 12.1. The number of hydrogen-bond acceptors (Lipinski definition) is 7. The lowest BCUT2D eigenvalue weighted by Gasteiger charge is -2.15. The van der Waals surface area contributed by atoms with E-state index in [1.54, 1.807) is 36.1 Å². The van der Waals surface area contributed by atoms with E-state index >= 15 is 0 Å². The number of rotatable bonds is 5. The lowest BCUT2D eigenvalue weighted by atomic mass is 10.1. The molecule has 1 saturated heterocycles. The first-order chi connectivity index (χ1) is 16.3. The molecule has 1 aliphatic rings. The zero-order valence-corrected chi connectivity index (χ0v) is 19.6. The van der Waals surface area contributed by atoms with E-state index in [4.69, 9.17) is 4.98 Å². The van der Waals surface area contributed by atoms with E-state index in [1.807, 2.05) is 35.8 Å². The molecular formula is C23H23N7O3S. The smallest absolute Gasteiger partial charge is 0.214 e. The normalized spacial score (nSPS) is 16.6. The largest absolute Gasteiger partial charge is 0.389 e. The Kier molecular flexibility index (Phi) is 5.44. The first kappa shape index (κ1) is 22.2. The van der Waals surface area contributed by atoms with Gasteiger partial charge in [0.15, 0.2) is 11.5 Å². The third-order valence-electron chi connectivity index (χ3n) is 5.96. The number of sulfonamides is 1. The Morgan fingerprint density at radius 3 is 2.74 bits per heavy atom. The van der Waals surface area contributed by atoms with E-state index in [0.29, 0.717) is 36.7 Å². The molecular weight excluding hydrogens is 454 g/mol. The molecule has 0 spiro atoms. The Morgan fingerprint density at radius 2 is 2.06 bits per heavy atom. The van der Waals surface area contributed by atoms with Gasteiger partial charge in [0.25, 0.3) is 0 Å². The van der Waals surface area contributed by atoms with Crippen LogP contribution >= 0.6 is 0 Å². The van der Waals surface area contributed by atoms with Crippen molar-refractivity contribution in [3.05, 3.63) is 65.2 Å². The molecule has 1 N–H and O–H groups in total. The first-order valence-corrected chi connectivity index (χ1v) is 12.5. The minimum Gasteiger partial charge on any atom is -0.389 e. The minimum atomic E-state index is -3.17. The number of nitriles is 1. The summed E-state index contributed by atoms with van der Waals surface area (Å²) in [6.45, 7) is 4.34. The zero-order valence-electron chi connectivity index (χ0n) is 18.7. The van der Waals surface area contributed by atoms with Crippen LogP contribution in [0.15, 0.2) is 42.7 Å². The summed E-state index contributed by atoms with van der Waals surface area (Å²) >= 11 is 0. The van der Waals surface area contributed by atoms with Gasteiger partial charge in [-0.15, -0.1) is 0 Å². The van der Waals surface area contributed by atoms with Gasteiger partial charge in [-0.25, -0.2) is 23.1 Å². The molecule has 1 fully saturated rings. The number of benzene rings is 1. The number of nitrogens with zero attached hydrogens (tertiary/aromatic N) is 7. The number of aliphatic hydroxyl groups excluding tert-OH is 1. The maximum absolute atomic E-state index is 12.1. The fraction of sp³-hybridized carbons (Fsp3) is 0.304. The highest BCUT2D eigenvalue weighted by Crippen LogP contribution is 2.26. The van der Waals surface area contributed by atoms with Gasteiger partial charge in [-0.2, -0.15) is 14.7 Å². The molecule has 4 aromatic rings. The molecule has 0 bridgehead atoms. The van der Waals surface area contributed by atoms with Gasteiger partial charge >= 0.3 is 0 Å².